The summed E-state index contributed by atoms with van der Waals surface area (Å²) in [6.07, 6.45) is 0. The zero-order valence-electron chi connectivity index (χ0n) is 8.36. The molecule has 0 atom stereocenters. The lowest BCUT2D eigenvalue weighted by molar-refractivity contribution is 0.0643. The van der Waals surface area contributed by atoms with E-state index < -0.39 is 0 Å². The Morgan fingerprint density at radius 3 is 3.00 bits per heavy atom. The van der Waals surface area contributed by atoms with Gasteiger partial charge in [0.1, 0.15) is 0 Å². The van der Waals surface area contributed by atoms with Crippen molar-refractivity contribution in [3.8, 4) is 5.88 Å². The molecule has 0 aliphatic carbocycles. The fraction of sp³-hybridized carbons (Fsp3) is 0.667. The number of thiazole rings is 1. The third-order valence-electron chi connectivity index (χ3n) is 2.36. The van der Waals surface area contributed by atoms with Crippen molar-refractivity contribution in [3.63, 3.8) is 0 Å². The minimum atomic E-state index is -0.0391. The van der Waals surface area contributed by atoms with Crippen molar-refractivity contribution in [2.75, 3.05) is 24.7 Å². The molecule has 1 saturated heterocycles. The lowest BCUT2D eigenvalue weighted by atomic mass is 10.0. The predicted octanol–water partition coefficient (Wildman–Crippen LogP) is 1.46. The van der Waals surface area contributed by atoms with Crippen molar-refractivity contribution in [1.82, 2.24) is 4.98 Å². The average Bonchev–Trinajstić information content (AvgIpc) is 2.51. The van der Waals surface area contributed by atoms with Crippen LogP contribution in [0.1, 0.15) is 13.8 Å². The summed E-state index contributed by atoms with van der Waals surface area (Å²) in [6, 6.07) is 0. The van der Waals surface area contributed by atoms with E-state index in [1.165, 1.54) is 11.3 Å². The van der Waals surface area contributed by atoms with Crippen LogP contribution in [0, 0.1) is 0 Å². The first-order valence-electron chi connectivity index (χ1n) is 4.59. The molecule has 1 aromatic rings. The highest BCUT2D eigenvalue weighted by molar-refractivity contribution is 7.13. The summed E-state index contributed by atoms with van der Waals surface area (Å²) in [7, 11) is 0. The van der Waals surface area contributed by atoms with Gasteiger partial charge in [-0.1, -0.05) is 0 Å². The van der Waals surface area contributed by atoms with Crippen molar-refractivity contribution >= 4 is 16.5 Å². The van der Waals surface area contributed by atoms with Crippen LogP contribution in [0.5, 0.6) is 5.88 Å². The van der Waals surface area contributed by atoms with Gasteiger partial charge in [0.15, 0.2) is 5.13 Å². The molecule has 0 spiro atoms. The minimum Gasteiger partial charge on any atom is -0.493 e. The molecular formula is C9H14N2O2S. The van der Waals surface area contributed by atoms with Gasteiger partial charge in [-0.25, -0.2) is 0 Å². The van der Waals surface area contributed by atoms with Crippen LogP contribution in [-0.4, -0.2) is 35.4 Å². The maximum Gasteiger partial charge on any atom is 0.223 e. The molecule has 0 radical (unpaired) electrons. The summed E-state index contributed by atoms with van der Waals surface area (Å²) in [5.74, 6) is 0.104. The molecule has 5 heteroatoms. The molecule has 0 saturated carbocycles. The van der Waals surface area contributed by atoms with Gasteiger partial charge in [-0.05, 0) is 13.8 Å². The largest absolute Gasteiger partial charge is 0.493 e. The summed E-state index contributed by atoms with van der Waals surface area (Å²) in [6.45, 7) is 6.49. The highest BCUT2D eigenvalue weighted by Crippen LogP contribution is 2.31. The molecule has 0 bridgehead atoms. The first-order valence-corrected chi connectivity index (χ1v) is 5.47. The fourth-order valence-electron chi connectivity index (χ4n) is 1.59. The molecule has 0 amide bonds. The number of hydrogen-bond donors (Lipinski definition) is 1. The van der Waals surface area contributed by atoms with E-state index in [0.717, 1.165) is 18.3 Å². The van der Waals surface area contributed by atoms with Crippen LogP contribution >= 0.6 is 11.3 Å². The van der Waals surface area contributed by atoms with Gasteiger partial charge in [0.05, 0.1) is 24.1 Å². The standard InChI is InChI=1S/C9H14N2O2S/c1-9(2)6-13-4-3-11(9)8-10-7(12)5-14-8/h5,12H,3-4,6H2,1-2H3. The lowest BCUT2D eigenvalue weighted by Gasteiger charge is -2.41. The second-order valence-corrected chi connectivity index (χ2v) is 4.84. The lowest BCUT2D eigenvalue weighted by Crippen LogP contribution is -2.53. The minimum absolute atomic E-state index is 0.0391. The molecule has 1 N–H and O–H groups in total. The van der Waals surface area contributed by atoms with E-state index in [1.54, 1.807) is 5.38 Å². The van der Waals surface area contributed by atoms with Crippen molar-refractivity contribution < 1.29 is 9.84 Å². The van der Waals surface area contributed by atoms with Crippen LogP contribution < -0.4 is 4.90 Å². The maximum absolute atomic E-state index is 9.20. The fourth-order valence-corrected chi connectivity index (χ4v) is 2.47. The molecule has 78 valence electrons. The summed E-state index contributed by atoms with van der Waals surface area (Å²) in [5.41, 5.74) is -0.0391. The Kier molecular flexibility index (Phi) is 2.36. The van der Waals surface area contributed by atoms with Gasteiger partial charge in [0.2, 0.25) is 5.88 Å². The van der Waals surface area contributed by atoms with Gasteiger partial charge in [-0.15, -0.1) is 11.3 Å². The number of ether oxygens (including phenoxy) is 1. The summed E-state index contributed by atoms with van der Waals surface area (Å²) < 4.78 is 5.42. The summed E-state index contributed by atoms with van der Waals surface area (Å²) in [5, 5.41) is 11.7. The zero-order chi connectivity index (χ0) is 10.2. The SMILES string of the molecule is CC1(C)COCCN1c1nc(O)cs1. The second-order valence-electron chi connectivity index (χ2n) is 4.00. The molecule has 4 nitrogen and oxygen atoms in total. The molecule has 1 aliphatic rings. The molecule has 2 heterocycles. The van der Waals surface area contributed by atoms with E-state index in [0.29, 0.717) is 6.61 Å². The van der Waals surface area contributed by atoms with Gasteiger partial charge in [0, 0.05) is 6.54 Å². The number of hydrogen-bond acceptors (Lipinski definition) is 5. The Balaban J connectivity index is 2.23. The topological polar surface area (TPSA) is 45.6 Å². The van der Waals surface area contributed by atoms with E-state index >= 15 is 0 Å². The Morgan fingerprint density at radius 1 is 1.64 bits per heavy atom. The normalized spacial score (nSPS) is 21.1. The highest BCUT2D eigenvalue weighted by Gasteiger charge is 2.32. The smallest absolute Gasteiger partial charge is 0.223 e. The van der Waals surface area contributed by atoms with E-state index in [1.807, 2.05) is 0 Å². The monoisotopic (exact) mass is 214 g/mol. The summed E-state index contributed by atoms with van der Waals surface area (Å²) in [4.78, 5) is 6.26. The van der Waals surface area contributed by atoms with E-state index in [-0.39, 0.29) is 11.4 Å². The maximum atomic E-state index is 9.20. The Morgan fingerprint density at radius 2 is 2.43 bits per heavy atom. The third-order valence-corrected chi connectivity index (χ3v) is 3.21. The van der Waals surface area contributed by atoms with Gasteiger partial charge < -0.3 is 14.7 Å². The Hall–Kier alpha value is -0.810. The van der Waals surface area contributed by atoms with Gasteiger partial charge in [-0.2, -0.15) is 4.98 Å². The molecule has 1 aliphatic heterocycles. The predicted molar refractivity (Wildman–Crippen MR) is 56.0 cm³/mol. The number of aromatic hydroxyl groups is 1. The number of anilines is 1. The number of aromatic nitrogens is 1. The van der Waals surface area contributed by atoms with E-state index in [2.05, 4.69) is 23.7 Å². The second kappa shape index (κ2) is 3.40. The number of morpholine rings is 1. The van der Waals surface area contributed by atoms with E-state index in [9.17, 15) is 5.11 Å². The highest BCUT2D eigenvalue weighted by atomic mass is 32.1. The van der Waals surface area contributed by atoms with Crippen LogP contribution in [0.25, 0.3) is 0 Å². The van der Waals surface area contributed by atoms with Crippen LogP contribution in [0.3, 0.4) is 0 Å². The quantitative estimate of drug-likeness (QED) is 0.769. The summed E-state index contributed by atoms with van der Waals surface area (Å²) >= 11 is 1.47. The average molecular weight is 214 g/mol. The zero-order valence-corrected chi connectivity index (χ0v) is 9.17. The van der Waals surface area contributed by atoms with Crippen molar-refractivity contribution in [2.45, 2.75) is 19.4 Å². The molecular weight excluding hydrogens is 200 g/mol. The Bertz CT molecular complexity index is 324. The first-order chi connectivity index (χ1) is 6.59. The van der Waals surface area contributed by atoms with E-state index in [4.69, 9.17) is 4.74 Å². The van der Waals surface area contributed by atoms with Gasteiger partial charge in [0.25, 0.3) is 0 Å². The van der Waals surface area contributed by atoms with Crippen LogP contribution in [-0.2, 0) is 4.74 Å². The third kappa shape index (κ3) is 1.69. The van der Waals surface area contributed by atoms with Gasteiger partial charge >= 0.3 is 0 Å². The molecule has 2 rings (SSSR count). The van der Waals surface area contributed by atoms with Crippen LogP contribution in [0.2, 0.25) is 0 Å². The van der Waals surface area contributed by atoms with Crippen LogP contribution in [0.15, 0.2) is 5.38 Å². The van der Waals surface area contributed by atoms with Crippen LogP contribution in [0.4, 0.5) is 5.13 Å². The molecule has 1 aromatic heterocycles. The molecule has 1 fully saturated rings. The first kappa shape index (κ1) is 9.73. The molecule has 0 unspecified atom stereocenters. The molecule has 14 heavy (non-hydrogen) atoms. The Labute approximate surface area is 87.1 Å². The molecule has 0 aromatic carbocycles. The number of nitrogens with zero attached hydrogens (tertiary/aromatic N) is 2. The van der Waals surface area contributed by atoms with Crippen molar-refractivity contribution in [1.29, 1.82) is 0 Å². The van der Waals surface area contributed by atoms with Gasteiger partial charge in [-0.3, -0.25) is 0 Å². The van der Waals surface area contributed by atoms with Crippen molar-refractivity contribution in [2.24, 2.45) is 0 Å². The number of rotatable bonds is 1. The van der Waals surface area contributed by atoms with Crippen molar-refractivity contribution in [3.05, 3.63) is 5.38 Å².